The van der Waals surface area contributed by atoms with Crippen LogP contribution >= 0.6 is 23.1 Å². The van der Waals surface area contributed by atoms with Gasteiger partial charge in [0, 0.05) is 5.75 Å². The zero-order valence-corrected chi connectivity index (χ0v) is 13.2. The van der Waals surface area contributed by atoms with Crippen LogP contribution < -0.4 is 4.74 Å². The topological polar surface area (TPSA) is 55.2 Å². The van der Waals surface area contributed by atoms with Gasteiger partial charge in [0.1, 0.15) is 17.4 Å². The molecule has 0 aliphatic heterocycles. The van der Waals surface area contributed by atoms with Crippen molar-refractivity contribution in [3.05, 3.63) is 34.8 Å². The number of rotatable bonds is 7. The van der Waals surface area contributed by atoms with Gasteiger partial charge >= 0.3 is 0 Å². The first-order chi connectivity index (χ1) is 9.67. The van der Waals surface area contributed by atoms with Gasteiger partial charge in [-0.1, -0.05) is 42.2 Å². The molecular formula is C14H18N2O2S2. The predicted octanol–water partition coefficient (Wildman–Crippen LogP) is 2.94. The van der Waals surface area contributed by atoms with E-state index in [-0.39, 0.29) is 6.61 Å². The first-order valence-electron chi connectivity index (χ1n) is 6.50. The highest BCUT2D eigenvalue weighted by atomic mass is 32.2. The lowest BCUT2D eigenvalue weighted by Gasteiger charge is -2.11. The molecule has 1 heterocycles. The second-order valence-corrected chi connectivity index (χ2v) is 6.81. The van der Waals surface area contributed by atoms with Crippen LogP contribution in [0.15, 0.2) is 28.6 Å². The molecule has 1 atom stereocenters. The number of hydrogen-bond acceptors (Lipinski definition) is 6. The lowest BCUT2D eigenvalue weighted by molar-refractivity contribution is 0.126. The number of aliphatic hydroxyl groups is 1. The smallest absolute Gasteiger partial charge is 0.174 e. The Morgan fingerprint density at radius 1 is 1.40 bits per heavy atom. The Morgan fingerprint density at radius 2 is 2.25 bits per heavy atom. The summed E-state index contributed by atoms with van der Waals surface area (Å²) in [6.07, 6.45) is 0.459. The van der Waals surface area contributed by atoms with Gasteiger partial charge in [-0.3, -0.25) is 0 Å². The lowest BCUT2D eigenvalue weighted by atomic mass is 10.2. The van der Waals surface area contributed by atoms with Crippen molar-refractivity contribution in [3.8, 4) is 5.75 Å². The third-order valence-corrected chi connectivity index (χ3v) is 4.77. The summed E-state index contributed by atoms with van der Waals surface area (Å²) in [6.45, 7) is 4.31. The molecule has 108 valence electrons. The maximum absolute atomic E-state index is 9.92. The maximum Gasteiger partial charge on any atom is 0.174 e. The SMILES string of the molecule is CCc1cccc(OCC(O)CSc2nnc(C)s2)c1. The van der Waals surface area contributed by atoms with Gasteiger partial charge < -0.3 is 9.84 Å². The van der Waals surface area contributed by atoms with E-state index in [9.17, 15) is 5.11 Å². The molecule has 2 aromatic rings. The molecule has 1 aromatic carbocycles. The highest BCUT2D eigenvalue weighted by molar-refractivity contribution is 8.01. The van der Waals surface area contributed by atoms with Crippen molar-refractivity contribution < 1.29 is 9.84 Å². The fourth-order valence-corrected chi connectivity index (χ4v) is 3.35. The molecule has 0 aliphatic rings. The van der Waals surface area contributed by atoms with Gasteiger partial charge in [-0.05, 0) is 31.0 Å². The second kappa shape index (κ2) is 7.61. The molecule has 0 saturated carbocycles. The fraction of sp³-hybridized carbons (Fsp3) is 0.429. The van der Waals surface area contributed by atoms with E-state index in [4.69, 9.17) is 4.74 Å². The summed E-state index contributed by atoms with van der Waals surface area (Å²) in [5, 5.41) is 18.8. The fourth-order valence-electron chi connectivity index (χ4n) is 1.60. The van der Waals surface area contributed by atoms with Crippen LogP contribution in [0, 0.1) is 6.92 Å². The van der Waals surface area contributed by atoms with Crippen LogP contribution in [0.4, 0.5) is 0 Å². The van der Waals surface area contributed by atoms with Crippen molar-refractivity contribution in [3.63, 3.8) is 0 Å². The van der Waals surface area contributed by atoms with E-state index in [0.717, 1.165) is 21.5 Å². The summed E-state index contributed by atoms with van der Waals surface area (Å²) in [4.78, 5) is 0. The minimum Gasteiger partial charge on any atom is -0.491 e. The summed E-state index contributed by atoms with van der Waals surface area (Å²) in [6, 6.07) is 7.96. The number of hydrogen-bond donors (Lipinski definition) is 1. The minimum atomic E-state index is -0.519. The molecule has 0 saturated heterocycles. The Morgan fingerprint density at radius 3 is 2.95 bits per heavy atom. The first-order valence-corrected chi connectivity index (χ1v) is 8.30. The number of ether oxygens (including phenoxy) is 1. The minimum absolute atomic E-state index is 0.290. The zero-order valence-electron chi connectivity index (χ0n) is 11.6. The molecule has 0 aliphatic carbocycles. The number of thioether (sulfide) groups is 1. The molecule has 2 rings (SSSR count). The Hall–Kier alpha value is -1.11. The van der Waals surface area contributed by atoms with Crippen LogP contribution in [-0.4, -0.2) is 33.8 Å². The van der Waals surface area contributed by atoms with Crippen molar-refractivity contribution in [1.29, 1.82) is 0 Å². The van der Waals surface area contributed by atoms with Gasteiger partial charge in [0.25, 0.3) is 0 Å². The molecule has 0 spiro atoms. The van der Waals surface area contributed by atoms with E-state index in [1.54, 1.807) is 0 Å². The number of benzene rings is 1. The van der Waals surface area contributed by atoms with Crippen molar-refractivity contribution >= 4 is 23.1 Å². The zero-order chi connectivity index (χ0) is 14.4. The van der Waals surface area contributed by atoms with E-state index in [0.29, 0.717) is 5.75 Å². The summed E-state index contributed by atoms with van der Waals surface area (Å²) < 4.78 is 6.49. The van der Waals surface area contributed by atoms with Crippen molar-refractivity contribution in [2.75, 3.05) is 12.4 Å². The Balaban J connectivity index is 1.75. The van der Waals surface area contributed by atoms with Crippen molar-refractivity contribution in [2.24, 2.45) is 0 Å². The first kappa shape index (κ1) is 15.3. The van der Waals surface area contributed by atoms with E-state index in [2.05, 4.69) is 23.2 Å². The predicted molar refractivity (Wildman–Crippen MR) is 82.7 cm³/mol. The number of aromatic nitrogens is 2. The molecule has 6 heteroatoms. The quantitative estimate of drug-likeness (QED) is 0.797. The van der Waals surface area contributed by atoms with Gasteiger partial charge in [-0.2, -0.15) is 0 Å². The lowest BCUT2D eigenvalue weighted by Crippen LogP contribution is -2.20. The summed E-state index contributed by atoms with van der Waals surface area (Å²) in [5.41, 5.74) is 1.23. The Bertz CT molecular complexity index is 545. The molecule has 0 bridgehead atoms. The summed E-state index contributed by atoms with van der Waals surface area (Å²) in [7, 11) is 0. The van der Waals surface area contributed by atoms with E-state index < -0.39 is 6.10 Å². The molecule has 4 nitrogen and oxygen atoms in total. The van der Waals surface area contributed by atoms with Gasteiger partial charge in [0.15, 0.2) is 4.34 Å². The second-order valence-electron chi connectivity index (χ2n) is 4.36. The number of nitrogens with zero attached hydrogens (tertiary/aromatic N) is 2. The van der Waals surface area contributed by atoms with Gasteiger partial charge in [0.05, 0.1) is 6.10 Å². The van der Waals surface area contributed by atoms with Crippen LogP contribution in [0.5, 0.6) is 5.75 Å². The number of aliphatic hydroxyl groups excluding tert-OH is 1. The third-order valence-electron chi connectivity index (χ3n) is 2.66. The van der Waals surface area contributed by atoms with Crippen LogP contribution in [-0.2, 0) is 6.42 Å². The van der Waals surface area contributed by atoms with Gasteiger partial charge in [-0.25, -0.2) is 0 Å². The van der Waals surface area contributed by atoms with E-state index in [1.807, 2.05) is 25.1 Å². The van der Waals surface area contributed by atoms with E-state index in [1.165, 1.54) is 28.7 Å². The van der Waals surface area contributed by atoms with Gasteiger partial charge in [0.2, 0.25) is 0 Å². The molecule has 1 unspecified atom stereocenters. The Kier molecular flexibility index (Phi) is 5.82. The highest BCUT2D eigenvalue weighted by Gasteiger charge is 2.09. The molecule has 20 heavy (non-hydrogen) atoms. The van der Waals surface area contributed by atoms with Crippen molar-refractivity contribution in [2.45, 2.75) is 30.7 Å². The average molecular weight is 310 g/mol. The molecular weight excluding hydrogens is 292 g/mol. The highest BCUT2D eigenvalue weighted by Crippen LogP contribution is 2.22. The monoisotopic (exact) mass is 310 g/mol. The van der Waals surface area contributed by atoms with Crippen LogP contribution in [0.2, 0.25) is 0 Å². The molecule has 1 N–H and O–H groups in total. The van der Waals surface area contributed by atoms with Crippen molar-refractivity contribution in [1.82, 2.24) is 10.2 Å². The third kappa shape index (κ3) is 4.77. The normalized spacial score (nSPS) is 12.3. The molecule has 1 aromatic heterocycles. The summed E-state index contributed by atoms with van der Waals surface area (Å²) in [5.74, 6) is 1.36. The van der Waals surface area contributed by atoms with Crippen LogP contribution in [0.1, 0.15) is 17.5 Å². The Labute approximate surface area is 127 Å². The maximum atomic E-state index is 9.92. The molecule has 0 radical (unpaired) electrons. The molecule has 0 fully saturated rings. The van der Waals surface area contributed by atoms with Gasteiger partial charge in [-0.15, -0.1) is 10.2 Å². The molecule has 0 amide bonds. The van der Waals surface area contributed by atoms with E-state index >= 15 is 0 Å². The average Bonchev–Trinajstić information content (AvgIpc) is 2.89. The number of aryl methyl sites for hydroxylation is 2. The van der Waals surface area contributed by atoms with Crippen LogP contribution in [0.25, 0.3) is 0 Å². The van der Waals surface area contributed by atoms with Crippen LogP contribution in [0.3, 0.4) is 0 Å². The largest absolute Gasteiger partial charge is 0.491 e. The summed E-state index contributed by atoms with van der Waals surface area (Å²) >= 11 is 3.04. The standard InChI is InChI=1S/C14H18N2O2S2/c1-3-11-5-4-6-13(7-11)18-8-12(17)9-19-14-16-15-10(2)20-14/h4-7,12,17H,3,8-9H2,1-2H3.